The Balaban J connectivity index is 0.000000250. The van der Waals surface area contributed by atoms with Gasteiger partial charge in [0.15, 0.2) is 0 Å². The number of allylic oxidation sites excluding steroid dienone is 4. The van der Waals surface area contributed by atoms with Crippen LogP contribution in [0.25, 0.3) is 60.9 Å². The van der Waals surface area contributed by atoms with Gasteiger partial charge in [0.05, 0.1) is 22.4 Å². The van der Waals surface area contributed by atoms with Crippen LogP contribution in [0, 0.1) is 6.92 Å². The number of nitrogen functional groups attached to an aromatic ring is 1. The minimum absolute atomic E-state index is 0.0982. The second-order valence-electron chi connectivity index (χ2n) is 15.0. The summed E-state index contributed by atoms with van der Waals surface area (Å²) in [7, 11) is 0. The van der Waals surface area contributed by atoms with E-state index < -0.39 is 0 Å². The average Bonchev–Trinajstić information content (AvgIpc) is 3.67. The Bertz CT molecular complexity index is 2760. The molecule has 0 saturated carbocycles. The number of fused-ring (bicyclic) bond motifs is 6. The van der Waals surface area contributed by atoms with E-state index in [1.165, 1.54) is 77.6 Å². The molecule has 1 aromatic heterocycles. The van der Waals surface area contributed by atoms with Crippen molar-refractivity contribution in [2.45, 2.75) is 33.1 Å². The SMILES string of the molecule is C=C/C=C\C(=C/C)Nc1ccccc1N.Cc1ccc(-n2c3ccc(-c4ccccc4)cc3c3cc4c(cc32)-c2ccc(-c3ccccc3)cc2C4(C)C)cc1. The molecule has 0 unspecified atom stereocenters. The van der Waals surface area contributed by atoms with Gasteiger partial charge in [-0.3, -0.25) is 0 Å². The fourth-order valence-corrected chi connectivity index (χ4v) is 7.99. The van der Waals surface area contributed by atoms with E-state index >= 15 is 0 Å². The minimum Gasteiger partial charge on any atom is -0.397 e. The zero-order valence-electron chi connectivity index (χ0n) is 32.6. The van der Waals surface area contributed by atoms with E-state index in [-0.39, 0.29) is 5.41 Å². The fourth-order valence-electron chi connectivity index (χ4n) is 7.99. The quantitative estimate of drug-likeness (QED) is 0.127. The van der Waals surface area contributed by atoms with E-state index in [0.29, 0.717) is 0 Å². The van der Waals surface area contributed by atoms with Gasteiger partial charge in [-0.1, -0.05) is 147 Å². The van der Waals surface area contributed by atoms with E-state index in [1.54, 1.807) is 6.08 Å². The number of nitrogens with one attached hydrogen (secondary N) is 1. The number of nitrogens with zero attached hydrogens (tertiary/aromatic N) is 1. The van der Waals surface area contributed by atoms with Crippen LogP contribution in [0.5, 0.6) is 0 Å². The van der Waals surface area contributed by atoms with Crippen molar-refractivity contribution >= 4 is 33.2 Å². The topological polar surface area (TPSA) is 43.0 Å². The molecule has 9 rings (SSSR count). The Kier molecular flexibility index (Phi) is 9.76. The van der Waals surface area contributed by atoms with Crippen LogP contribution in [0.3, 0.4) is 0 Å². The average molecular weight is 726 g/mol. The maximum absolute atomic E-state index is 5.82. The summed E-state index contributed by atoms with van der Waals surface area (Å²) in [5.41, 5.74) is 23.8. The highest BCUT2D eigenvalue weighted by atomic mass is 15.0. The first kappa shape index (κ1) is 36.2. The van der Waals surface area contributed by atoms with Gasteiger partial charge in [0.2, 0.25) is 0 Å². The third-order valence-corrected chi connectivity index (χ3v) is 11.0. The van der Waals surface area contributed by atoms with Crippen molar-refractivity contribution in [3.8, 4) is 39.1 Å². The van der Waals surface area contributed by atoms with Crippen LogP contribution in [0.15, 0.2) is 194 Å². The Labute approximate surface area is 330 Å². The number of para-hydroxylation sites is 2. The third-order valence-electron chi connectivity index (χ3n) is 11.0. The highest BCUT2D eigenvalue weighted by Gasteiger charge is 2.36. The molecule has 0 bridgehead atoms. The zero-order valence-corrected chi connectivity index (χ0v) is 32.6. The van der Waals surface area contributed by atoms with Crippen molar-refractivity contribution in [1.82, 2.24) is 4.57 Å². The molecular weight excluding hydrogens is 679 g/mol. The number of aromatic nitrogens is 1. The molecule has 0 fully saturated rings. The van der Waals surface area contributed by atoms with Gasteiger partial charge in [-0.15, -0.1) is 0 Å². The summed E-state index contributed by atoms with van der Waals surface area (Å²) in [4.78, 5) is 0. The maximum Gasteiger partial charge on any atom is 0.0617 e. The van der Waals surface area contributed by atoms with E-state index in [4.69, 9.17) is 5.73 Å². The lowest BCUT2D eigenvalue weighted by Gasteiger charge is -2.22. The number of hydrogen-bond donors (Lipinski definition) is 2. The summed E-state index contributed by atoms with van der Waals surface area (Å²) in [6.45, 7) is 12.5. The molecule has 274 valence electrons. The van der Waals surface area contributed by atoms with Gasteiger partial charge < -0.3 is 15.6 Å². The fraction of sp³-hybridized carbons (Fsp3) is 0.0943. The molecule has 0 amide bonds. The van der Waals surface area contributed by atoms with E-state index in [1.807, 2.05) is 49.4 Å². The first-order valence-corrected chi connectivity index (χ1v) is 19.3. The highest BCUT2D eigenvalue weighted by Crippen LogP contribution is 2.52. The largest absolute Gasteiger partial charge is 0.397 e. The van der Waals surface area contributed by atoms with Gasteiger partial charge >= 0.3 is 0 Å². The summed E-state index contributed by atoms with van der Waals surface area (Å²) in [5, 5.41) is 5.83. The molecule has 3 heteroatoms. The van der Waals surface area contributed by atoms with Crippen LogP contribution in [0.4, 0.5) is 11.4 Å². The van der Waals surface area contributed by atoms with Crippen molar-refractivity contribution in [2.24, 2.45) is 0 Å². The second kappa shape index (κ2) is 15.1. The van der Waals surface area contributed by atoms with Crippen LogP contribution >= 0.6 is 0 Å². The van der Waals surface area contributed by atoms with Gasteiger partial charge in [0.1, 0.15) is 0 Å². The first-order valence-electron chi connectivity index (χ1n) is 19.3. The van der Waals surface area contributed by atoms with Crippen LogP contribution in [0.2, 0.25) is 0 Å². The molecular formula is C53H47N3. The van der Waals surface area contributed by atoms with Crippen LogP contribution in [0.1, 0.15) is 37.5 Å². The second-order valence-corrected chi connectivity index (χ2v) is 15.0. The third kappa shape index (κ3) is 6.73. The molecule has 0 atom stereocenters. The summed E-state index contributed by atoms with van der Waals surface area (Å²) < 4.78 is 2.45. The molecule has 0 radical (unpaired) electrons. The number of hydrogen-bond acceptors (Lipinski definition) is 2. The molecule has 3 nitrogen and oxygen atoms in total. The Morgan fingerprint density at radius 1 is 0.625 bits per heavy atom. The normalized spacial score (nSPS) is 13.0. The van der Waals surface area contributed by atoms with E-state index in [2.05, 4.69) is 171 Å². The number of anilines is 2. The van der Waals surface area contributed by atoms with Crippen LogP contribution < -0.4 is 11.1 Å². The minimum atomic E-state index is -0.0982. The van der Waals surface area contributed by atoms with Gasteiger partial charge in [-0.25, -0.2) is 0 Å². The molecule has 1 aliphatic rings. The van der Waals surface area contributed by atoms with Crippen LogP contribution in [-0.2, 0) is 5.41 Å². The number of nitrogens with two attached hydrogens (primary N) is 1. The van der Waals surface area contributed by atoms with Crippen molar-refractivity contribution < 1.29 is 0 Å². The molecule has 56 heavy (non-hydrogen) atoms. The lowest BCUT2D eigenvalue weighted by Crippen LogP contribution is -2.15. The Morgan fingerprint density at radius 3 is 1.89 bits per heavy atom. The lowest BCUT2D eigenvalue weighted by molar-refractivity contribution is 0.661. The van der Waals surface area contributed by atoms with E-state index in [0.717, 1.165) is 17.1 Å². The monoisotopic (exact) mass is 725 g/mol. The highest BCUT2D eigenvalue weighted by molar-refractivity contribution is 6.12. The first-order chi connectivity index (χ1) is 27.3. The lowest BCUT2D eigenvalue weighted by atomic mass is 9.81. The Hall–Kier alpha value is -6.84. The molecule has 0 saturated heterocycles. The summed E-state index contributed by atoms with van der Waals surface area (Å²) in [6, 6.07) is 56.9. The smallest absolute Gasteiger partial charge is 0.0617 e. The van der Waals surface area contributed by atoms with Gasteiger partial charge in [-0.2, -0.15) is 0 Å². The number of aryl methyl sites for hydroxylation is 1. The van der Waals surface area contributed by atoms with Crippen molar-refractivity contribution in [1.29, 1.82) is 0 Å². The Morgan fingerprint density at radius 2 is 1.23 bits per heavy atom. The zero-order chi connectivity index (χ0) is 38.8. The number of benzene rings is 7. The van der Waals surface area contributed by atoms with Crippen LogP contribution in [-0.4, -0.2) is 4.57 Å². The molecule has 1 aliphatic carbocycles. The van der Waals surface area contributed by atoms with E-state index in [9.17, 15) is 0 Å². The van der Waals surface area contributed by atoms with Crippen molar-refractivity contribution in [2.75, 3.05) is 11.1 Å². The maximum atomic E-state index is 5.82. The molecule has 0 spiro atoms. The molecule has 7 aromatic carbocycles. The summed E-state index contributed by atoms with van der Waals surface area (Å²) in [5.74, 6) is 0. The van der Waals surface area contributed by atoms with Gasteiger partial charge in [0, 0.05) is 27.6 Å². The molecule has 3 N–H and O–H groups in total. The predicted octanol–water partition coefficient (Wildman–Crippen LogP) is 14.1. The number of rotatable bonds is 7. The van der Waals surface area contributed by atoms with Gasteiger partial charge in [-0.05, 0) is 119 Å². The molecule has 1 heterocycles. The van der Waals surface area contributed by atoms with Crippen molar-refractivity contribution in [3.63, 3.8) is 0 Å². The predicted molar refractivity (Wildman–Crippen MR) is 242 cm³/mol. The van der Waals surface area contributed by atoms with Gasteiger partial charge in [0.25, 0.3) is 0 Å². The summed E-state index contributed by atoms with van der Waals surface area (Å²) >= 11 is 0. The molecule has 0 aliphatic heterocycles. The van der Waals surface area contributed by atoms with Crippen molar-refractivity contribution in [3.05, 3.63) is 211 Å². The standard InChI is InChI=1S/C40H31N.C13H16N2/c1-26-14-18-31(19-15-26)41-38-21-17-29(27-10-6-4-7-11-27)22-34(38)35-24-37-33(25-39(35)41)32-20-16-30(23-36(32)40(37,2)3)28-12-8-5-9-13-28;1-3-5-8-11(4-2)15-13-10-7-6-9-12(13)14/h4-25H,1-3H3;3-10,15H,1,14H2,2H3/b;8-5-,11-4+. The molecule has 8 aromatic rings. The summed E-state index contributed by atoms with van der Waals surface area (Å²) in [6.07, 6.45) is 7.53.